The van der Waals surface area contributed by atoms with Gasteiger partial charge in [-0.05, 0) is 44.7 Å². The summed E-state index contributed by atoms with van der Waals surface area (Å²) >= 11 is 6.71. The quantitative estimate of drug-likeness (QED) is 0.564. The summed E-state index contributed by atoms with van der Waals surface area (Å²) in [6, 6.07) is 3.06. The van der Waals surface area contributed by atoms with Crippen LogP contribution < -0.4 is 10.5 Å². The fourth-order valence-corrected chi connectivity index (χ4v) is 4.43. The van der Waals surface area contributed by atoms with Crippen molar-refractivity contribution in [1.29, 1.82) is 0 Å². The highest BCUT2D eigenvalue weighted by atomic mass is 79.9. The molecule has 2 N–H and O–H groups in total. The van der Waals surface area contributed by atoms with Crippen LogP contribution in [0.4, 0.5) is 5.69 Å². The van der Waals surface area contributed by atoms with Gasteiger partial charge in [0.2, 0.25) is 0 Å². The zero-order valence-corrected chi connectivity index (χ0v) is 15.1. The Labute approximate surface area is 140 Å². The van der Waals surface area contributed by atoms with Gasteiger partial charge in [-0.25, -0.2) is 0 Å². The fourth-order valence-electron chi connectivity index (χ4n) is 3.08. The second-order valence-electron chi connectivity index (χ2n) is 5.38. The van der Waals surface area contributed by atoms with E-state index in [1.807, 2.05) is 0 Å². The first-order valence-corrected chi connectivity index (χ1v) is 8.50. The van der Waals surface area contributed by atoms with Crippen LogP contribution in [0.3, 0.4) is 0 Å². The van der Waals surface area contributed by atoms with Crippen molar-refractivity contribution in [2.75, 3.05) is 0 Å². The van der Waals surface area contributed by atoms with E-state index in [4.69, 9.17) is 10.5 Å². The molecule has 1 fully saturated rings. The predicted octanol–water partition coefficient (Wildman–Crippen LogP) is 4.40. The van der Waals surface area contributed by atoms with Gasteiger partial charge in [-0.15, -0.1) is 0 Å². The molecule has 0 aliphatic heterocycles. The minimum Gasteiger partial charge on any atom is -0.487 e. The minimum atomic E-state index is -0.430. The number of nitro benzene ring substituents is 1. The topological polar surface area (TPSA) is 78.4 Å². The van der Waals surface area contributed by atoms with Gasteiger partial charge < -0.3 is 10.5 Å². The molecule has 21 heavy (non-hydrogen) atoms. The van der Waals surface area contributed by atoms with Gasteiger partial charge in [0, 0.05) is 30.0 Å². The predicted molar refractivity (Wildman–Crippen MR) is 88.5 cm³/mol. The van der Waals surface area contributed by atoms with Crippen molar-refractivity contribution >= 4 is 37.5 Å². The molecule has 7 heteroatoms. The number of nitrogens with two attached hydrogens (primary N) is 1. The third kappa shape index (κ3) is 2.83. The molecule has 2 atom stereocenters. The van der Waals surface area contributed by atoms with Crippen molar-refractivity contribution in [3.63, 3.8) is 0 Å². The third-order valence-corrected chi connectivity index (χ3v) is 5.80. The molecule has 0 spiro atoms. The van der Waals surface area contributed by atoms with E-state index in [0.717, 1.165) is 19.3 Å². The molecule has 0 aromatic heterocycles. The molecule has 1 aromatic rings. The molecule has 2 unspecified atom stereocenters. The van der Waals surface area contributed by atoms with Crippen LogP contribution in [0.15, 0.2) is 21.1 Å². The average molecular weight is 422 g/mol. The summed E-state index contributed by atoms with van der Waals surface area (Å²) in [7, 11) is 0. The summed E-state index contributed by atoms with van der Waals surface area (Å²) in [5.74, 6) is 0.601. The number of halogens is 2. The fraction of sp³-hybridized carbons (Fsp3) is 0.571. The highest BCUT2D eigenvalue weighted by molar-refractivity contribution is 9.11. The SMILES string of the molecule is CCC1(CC)C(N)CC1Oc1c(Br)cc([N+](=O)[O-])cc1Br. The van der Waals surface area contributed by atoms with E-state index < -0.39 is 4.92 Å². The number of non-ortho nitro benzene ring substituents is 1. The van der Waals surface area contributed by atoms with Crippen molar-refractivity contribution in [3.05, 3.63) is 31.2 Å². The Morgan fingerprint density at radius 2 is 1.90 bits per heavy atom. The molecule has 1 aliphatic rings. The highest BCUT2D eigenvalue weighted by Crippen LogP contribution is 2.49. The number of hydrogen-bond acceptors (Lipinski definition) is 4. The van der Waals surface area contributed by atoms with E-state index in [1.54, 1.807) is 0 Å². The summed E-state index contributed by atoms with van der Waals surface area (Å²) in [6.07, 6.45) is 2.75. The molecule has 0 bridgehead atoms. The maximum Gasteiger partial charge on any atom is 0.271 e. The van der Waals surface area contributed by atoms with E-state index in [1.165, 1.54) is 12.1 Å². The van der Waals surface area contributed by atoms with Crippen molar-refractivity contribution in [2.45, 2.75) is 45.3 Å². The van der Waals surface area contributed by atoms with Gasteiger partial charge in [-0.2, -0.15) is 0 Å². The van der Waals surface area contributed by atoms with Crippen LogP contribution >= 0.6 is 31.9 Å². The molecular weight excluding hydrogens is 404 g/mol. The lowest BCUT2D eigenvalue weighted by atomic mass is 9.59. The zero-order chi connectivity index (χ0) is 15.8. The summed E-state index contributed by atoms with van der Waals surface area (Å²) in [5, 5.41) is 10.9. The van der Waals surface area contributed by atoms with Crippen LogP contribution in [0.1, 0.15) is 33.1 Å². The zero-order valence-electron chi connectivity index (χ0n) is 11.9. The molecule has 1 saturated carbocycles. The van der Waals surface area contributed by atoms with Crippen molar-refractivity contribution in [2.24, 2.45) is 11.1 Å². The van der Waals surface area contributed by atoms with Crippen LogP contribution in [0.2, 0.25) is 0 Å². The average Bonchev–Trinajstić information content (AvgIpc) is 2.42. The first-order valence-electron chi connectivity index (χ1n) is 6.91. The third-order valence-electron chi connectivity index (χ3n) is 4.62. The van der Waals surface area contributed by atoms with E-state index in [0.29, 0.717) is 14.7 Å². The molecular formula is C14H18Br2N2O3. The first kappa shape index (κ1) is 16.7. The summed E-state index contributed by atoms with van der Waals surface area (Å²) < 4.78 is 7.27. The smallest absolute Gasteiger partial charge is 0.271 e. The van der Waals surface area contributed by atoms with Crippen LogP contribution in [-0.4, -0.2) is 17.1 Å². The van der Waals surface area contributed by atoms with Gasteiger partial charge in [-0.3, -0.25) is 10.1 Å². The van der Waals surface area contributed by atoms with Crippen LogP contribution in [0.5, 0.6) is 5.75 Å². The molecule has 1 aromatic carbocycles. The van der Waals surface area contributed by atoms with Gasteiger partial charge in [-0.1, -0.05) is 13.8 Å². The number of nitro groups is 1. The Morgan fingerprint density at radius 1 is 1.38 bits per heavy atom. The highest BCUT2D eigenvalue weighted by Gasteiger charge is 2.52. The summed E-state index contributed by atoms with van der Waals surface area (Å²) in [5.41, 5.74) is 6.17. The molecule has 0 heterocycles. The number of ether oxygens (including phenoxy) is 1. The molecule has 116 valence electrons. The Kier molecular flexibility index (Phi) is 4.95. The summed E-state index contributed by atoms with van der Waals surface area (Å²) in [4.78, 5) is 10.4. The van der Waals surface area contributed by atoms with E-state index in [9.17, 15) is 10.1 Å². The number of hydrogen-bond donors (Lipinski definition) is 1. The second kappa shape index (κ2) is 6.22. The standard InChI is InChI=1S/C14H18Br2N2O3/c1-3-14(4-2)11(17)7-12(14)21-13-9(15)5-8(18(19)20)6-10(13)16/h5-6,11-12H,3-4,7,17H2,1-2H3. The van der Waals surface area contributed by atoms with E-state index in [2.05, 4.69) is 45.7 Å². The van der Waals surface area contributed by atoms with Crippen molar-refractivity contribution in [3.8, 4) is 5.75 Å². The molecule has 1 aliphatic carbocycles. The Balaban J connectivity index is 2.27. The first-order chi connectivity index (χ1) is 9.85. The second-order valence-corrected chi connectivity index (χ2v) is 7.09. The van der Waals surface area contributed by atoms with Gasteiger partial charge in [0.15, 0.2) is 0 Å². The lowest BCUT2D eigenvalue weighted by Gasteiger charge is -2.53. The molecule has 0 saturated heterocycles. The largest absolute Gasteiger partial charge is 0.487 e. The lowest BCUT2D eigenvalue weighted by molar-refractivity contribution is -0.385. The van der Waals surface area contributed by atoms with E-state index >= 15 is 0 Å². The van der Waals surface area contributed by atoms with Crippen LogP contribution in [0, 0.1) is 15.5 Å². The van der Waals surface area contributed by atoms with Gasteiger partial charge in [0.05, 0.1) is 13.9 Å². The molecule has 0 amide bonds. The Bertz CT molecular complexity index is 538. The number of rotatable bonds is 5. The van der Waals surface area contributed by atoms with Crippen LogP contribution in [-0.2, 0) is 0 Å². The monoisotopic (exact) mass is 420 g/mol. The number of nitrogens with zero attached hydrogens (tertiary/aromatic N) is 1. The molecule has 5 nitrogen and oxygen atoms in total. The lowest BCUT2D eigenvalue weighted by Crippen LogP contribution is -2.63. The maximum absolute atomic E-state index is 10.9. The summed E-state index contributed by atoms with van der Waals surface area (Å²) in [6.45, 7) is 4.25. The number of benzene rings is 1. The van der Waals surface area contributed by atoms with Gasteiger partial charge >= 0.3 is 0 Å². The minimum absolute atomic E-state index is 0.0132. The van der Waals surface area contributed by atoms with Gasteiger partial charge in [0.25, 0.3) is 5.69 Å². The molecule has 2 rings (SSSR count). The van der Waals surface area contributed by atoms with Gasteiger partial charge in [0.1, 0.15) is 11.9 Å². The Morgan fingerprint density at radius 3 is 2.29 bits per heavy atom. The molecule has 0 radical (unpaired) electrons. The van der Waals surface area contributed by atoms with Crippen molar-refractivity contribution in [1.82, 2.24) is 0 Å². The van der Waals surface area contributed by atoms with Crippen LogP contribution in [0.25, 0.3) is 0 Å². The van der Waals surface area contributed by atoms with E-state index in [-0.39, 0.29) is 23.2 Å². The normalized spacial score (nSPS) is 23.5. The van der Waals surface area contributed by atoms with Crippen molar-refractivity contribution < 1.29 is 9.66 Å². The Hall–Kier alpha value is -0.660. The maximum atomic E-state index is 10.9.